The summed E-state index contributed by atoms with van der Waals surface area (Å²) in [5.74, 6) is 0. The summed E-state index contributed by atoms with van der Waals surface area (Å²) in [6, 6.07) is 10.4. The van der Waals surface area contributed by atoms with Crippen molar-refractivity contribution in [1.29, 1.82) is 0 Å². The Labute approximate surface area is 135 Å². The van der Waals surface area contributed by atoms with Crippen molar-refractivity contribution in [1.82, 2.24) is 0 Å². The van der Waals surface area contributed by atoms with Gasteiger partial charge in [-0.05, 0) is 46.0 Å². The second-order valence-electron chi connectivity index (χ2n) is 5.34. The monoisotopic (exact) mass is 350 g/mol. The predicted molar refractivity (Wildman–Crippen MR) is 91.3 cm³/mol. The highest BCUT2D eigenvalue weighted by atomic mass is 79.9. The summed E-state index contributed by atoms with van der Waals surface area (Å²) in [6.07, 6.45) is 11.4. The molecule has 0 bridgehead atoms. The van der Waals surface area contributed by atoms with Crippen molar-refractivity contribution in [2.75, 3.05) is 13.2 Å². The fourth-order valence-electron chi connectivity index (χ4n) is 2.36. The summed E-state index contributed by atoms with van der Waals surface area (Å²) in [5.41, 5.74) is 2.49. The van der Waals surface area contributed by atoms with Crippen molar-refractivity contribution in [3.63, 3.8) is 0 Å². The Bertz CT molecular complexity index is 481. The van der Waals surface area contributed by atoms with Gasteiger partial charge < -0.3 is 9.84 Å². The van der Waals surface area contributed by atoms with Crippen LogP contribution in [0.15, 0.2) is 48.6 Å². The fraction of sp³-hybridized carbons (Fsp3) is 0.444. The van der Waals surface area contributed by atoms with Gasteiger partial charge in [-0.25, -0.2) is 0 Å². The summed E-state index contributed by atoms with van der Waals surface area (Å²) in [5, 5.41) is 8.73. The highest BCUT2D eigenvalue weighted by Gasteiger charge is 2.25. The smallest absolute Gasteiger partial charge is 0.145 e. The Hall–Kier alpha value is -0.900. The van der Waals surface area contributed by atoms with Crippen molar-refractivity contribution in [2.24, 2.45) is 0 Å². The first-order valence-corrected chi connectivity index (χ1v) is 8.41. The molecule has 1 unspecified atom stereocenters. The second-order valence-corrected chi connectivity index (χ2v) is 6.68. The van der Waals surface area contributed by atoms with E-state index < -0.39 is 0 Å². The standard InChI is InChI=1S/C18H23BrO2/c19-18(21-15-7-2-1-6-14-20)12-10-17(11-13-18)16-8-4-3-5-9-16/h3-5,8-12,20H,1-2,6-7,13-15H2. The van der Waals surface area contributed by atoms with E-state index in [-0.39, 0.29) is 4.51 Å². The van der Waals surface area contributed by atoms with Gasteiger partial charge in [0.25, 0.3) is 0 Å². The number of alkyl halides is 1. The van der Waals surface area contributed by atoms with Gasteiger partial charge in [0, 0.05) is 19.6 Å². The highest BCUT2D eigenvalue weighted by molar-refractivity contribution is 9.10. The molecule has 0 spiro atoms. The lowest BCUT2D eigenvalue weighted by molar-refractivity contribution is 0.0633. The molecule has 114 valence electrons. The summed E-state index contributed by atoms with van der Waals surface area (Å²) >= 11 is 3.69. The van der Waals surface area contributed by atoms with Gasteiger partial charge in [0.05, 0.1) is 0 Å². The quantitative estimate of drug-likeness (QED) is 0.544. The molecule has 0 saturated carbocycles. The first-order chi connectivity index (χ1) is 10.2. The van der Waals surface area contributed by atoms with Crippen LogP contribution in [0.25, 0.3) is 5.57 Å². The zero-order valence-electron chi connectivity index (χ0n) is 12.3. The molecule has 3 heteroatoms. The van der Waals surface area contributed by atoms with Crippen molar-refractivity contribution in [3.8, 4) is 0 Å². The molecule has 1 aliphatic rings. The lowest BCUT2D eigenvalue weighted by Gasteiger charge is -2.26. The van der Waals surface area contributed by atoms with Crippen molar-refractivity contribution in [2.45, 2.75) is 36.6 Å². The Morgan fingerprint density at radius 1 is 1.10 bits per heavy atom. The van der Waals surface area contributed by atoms with E-state index in [2.05, 4.69) is 58.4 Å². The molecule has 1 aliphatic carbocycles. The zero-order valence-corrected chi connectivity index (χ0v) is 13.9. The maximum atomic E-state index is 8.73. The molecule has 0 saturated heterocycles. The van der Waals surface area contributed by atoms with E-state index in [1.807, 2.05) is 6.07 Å². The molecule has 2 nitrogen and oxygen atoms in total. The number of benzene rings is 1. The molecule has 0 heterocycles. The topological polar surface area (TPSA) is 29.5 Å². The van der Waals surface area contributed by atoms with Crippen LogP contribution in [-0.2, 0) is 4.74 Å². The van der Waals surface area contributed by atoms with Crippen molar-refractivity contribution in [3.05, 3.63) is 54.1 Å². The Morgan fingerprint density at radius 3 is 2.52 bits per heavy atom. The van der Waals surface area contributed by atoms with Crippen LogP contribution in [0.3, 0.4) is 0 Å². The third kappa shape index (κ3) is 5.42. The van der Waals surface area contributed by atoms with Crippen LogP contribution in [0.1, 0.15) is 37.7 Å². The number of ether oxygens (including phenoxy) is 1. The number of aliphatic hydroxyl groups excluding tert-OH is 1. The van der Waals surface area contributed by atoms with Gasteiger partial charge in [-0.2, -0.15) is 0 Å². The normalized spacial score (nSPS) is 21.3. The van der Waals surface area contributed by atoms with Gasteiger partial charge in [0.15, 0.2) is 0 Å². The third-order valence-corrected chi connectivity index (χ3v) is 4.43. The number of allylic oxidation sites excluding steroid dienone is 2. The minimum absolute atomic E-state index is 0.291. The minimum atomic E-state index is -0.359. The van der Waals surface area contributed by atoms with Crippen LogP contribution in [-0.4, -0.2) is 22.8 Å². The van der Waals surface area contributed by atoms with E-state index in [4.69, 9.17) is 9.84 Å². The first-order valence-electron chi connectivity index (χ1n) is 7.62. The first kappa shape index (κ1) is 16.5. The molecule has 0 radical (unpaired) electrons. The Kier molecular flexibility index (Phi) is 6.68. The highest BCUT2D eigenvalue weighted by Crippen LogP contribution is 2.34. The molecule has 0 amide bonds. The molecule has 0 fully saturated rings. The maximum absolute atomic E-state index is 8.73. The zero-order chi connectivity index (χ0) is 15.0. The van der Waals surface area contributed by atoms with Crippen LogP contribution in [0.5, 0.6) is 0 Å². The van der Waals surface area contributed by atoms with Crippen molar-refractivity contribution < 1.29 is 9.84 Å². The largest absolute Gasteiger partial charge is 0.396 e. The van der Waals surface area contributed by atoms with Crippen LogP contribution in [0.4, 0.5) is 0 Å². The van der Waals surface area contributed by atoms with E-state index in [0.29, 0.717) is 6.61 Å². The van der Waals surface area contributed by atoms with Crippen LogP contribution in [0.2, 0.25) is 0 Å². The van der Waals surface area contributed by atoms with E-state index >= 15 is 0 Å². The molecule has 1 aromatic carbocycles. The molecule has 0 aliphatic heterocycles. The van der Waals surface area contributed by atoms with Gasteiger partial charge in [0.1, 0.15) is 4.51 Å². The lowest BCUT2D eigenvalue weighted by Crippen LogP contribution is -2.23. The Balaban J connectivity index is 1.77. The summed E-state index contributed by atoms with van der Waals surface area (Å²) in [4.78, 5) is 0. The number of rotatable bonds is 8. The summed E-state index contributed by atoms with van der Waals surface area (Å²) in [6.45, 7) is 1.04. The van der Waals surface area contributed by atoms with Gasteiger partial charge in [-0.3, -0.25) is 0 Å². The van der Waals surface area contributed by atoms with Gasteiger partial charge in [-0.15, -0.1) is 0 Å². The Morgan fingerprint density at radius 2 is 1.86 bits per heavy atom. The fourth-order valence-corrected chi connectivity index (χ4v) is 2.82. The van der Waals surface area contributed by atoms with Gasteiger partial charge >= 0.3 is 0 Å². The summed E-state index contributed by atoms with van der Waals surface area (Å²) < 4.78 is 5.60. The minimum Gasteiger partial charge on any atom is -0.396 e. The van der Waals surface area contributed by atoms with E-state index in [1.165, 1.54) is 11.1 Å². The average molecular weight is 351 g/mol. The predicted octanol–water partition coefficient (Wildman–Crippen LogP) is 4.69. The molecule has 2 rings (SSSR count). The number of halogens is 1. The van der Waals surface area contributed by atoms with Gasteiger partial charge in [0.2, 0.25) is 0 Å². The van der Waals surface area contributed by atoms with E-state index in [9.17, 15) is 0 Å². The molecule has 21 heavy (non-hydrogen) atoms. The number of hydrogen-bond donors (Lipinski definition) is 1. The average Bonchev–Trinajstić information content (AvgIpc) is 2.52. The van der Waals surface area contributed by atoms with Crippen LogP contribution >= 0.6 is 15.9 Å². The number of unbranched alkanes of at least 4 members (excludes halogenated alkanes) is 3. The number of hydrogen-bond acceptors (Lipinski definition) is 2. The van der Waals surface area contributed by atoms with Crippen molar-refractivity contribution >= 4 is 21.5 Å². The molecular formula is C18H23BrO2. The molecule has 1 atom stereocenters. The second kappa shape index (κ2) is 8.52. The van der Waals surface area contributed by atoms with Crippen LogP contribution in [0, 0.1) is 0 Å². The maximum Gasteiger partial charge on any atom is 0.145 e. The third-order valence-electron chi connectivity index (χ3n) is 3.61. The molecule has 1 N–H and O–H groups in total. The molecule has 0 aromatic heterocycles. The van der Waals surface area contributed by atoms with Crippen LogP contribution < -0.4 is 0 Å². The van der Waals surface area contributed by atoms with E-state index in [1.54, 1.807) is 0 Å². The van der Waals surface area contributed by atoms with E-state index in [0.717, 1.165) is 38.7 Å². The van der Waals surface area contributed by atoms with Gasteiger partial charge in [-0.1, -0.05) is 55.3 Å². The number of aliphatic hydroxyl groups is 1. The molecular weight excluding hydrogens is 328 g/mol. The summed E-state index contributed by atoms with van der Waals surface area (Å²) in [7, 11) is 0. The SMILES string of the molecule is OCCCCCCOC1(Br)C=CC(c2ccccc2)=CC1. The lowest BCUT2D eigenvalue weighted by atomic mass is 9.98. The molecule has 1 aromatic rings.